The molecule has 26 heavy (non-hydrogen) atoms. The highest BCUT2D eigenvalue weighted by atomic mass is 35.5. The molecule has 2 heterocycles. The van der Waals surface area contributed by atoms with Crippen molar-refractivity contribution in [2.75, 3.05) is 6.61 Å². The second kappa shape index (κ2) is 7.43. The molecule has 0 radical (unpaired) electrons. The van der Waals surface area contributed by atoms with Gasteiger partial charge in [0.1, 0.15) is 17.6 Å². The number of urea groups is 1. The van der Waals surface area contributed by atoms with Crippen LogP contribution in [0.1, 0.15) is 25.6 Å². The maximum atomic E-state index is 12.3. The Kier molecular flexibility index (Phi) is 5.25. The molecular formula is C18H16Cl2N2O4. The van der Waals surface area contributed by atoms with Crippen LogP contribution in [0, 0.1) is 0 Å². The number of carbonyl (C=O) groups is 2. The van der Waals surface area contributed by atoms with Gasteiger partial charge in [-0.25, -0.2) is 9.59 Å². The Labute approximate surface area is 160 Å². The lowest BCUT2D eigenvalue weighted by Crippen LogP contribution is -2.45. The van der Waals surface area contributed by atoms with Gasteiger partial charge in [0.2, 0.25) is 0 Å². The van der Waals surface area contributed by atoms with Crippen molar-refractivity contribution < 1.29 is 18.7 Å². The average Bonchev–Trinajstić information content (AvgIpc) is 3.03. The number of nitrogens with one attached hydrogen (secondary N) is 2. The monoisotopic (exact) mass is 394 g/mol. The first-order valence-electron chi connectivity index (χ1n) is 7.90. The second-order valence-electron chi connectivity index (χ2n) is 5.65. The Morgan fingerprint density at radius 3 is 2.58 bits per heavy atom. The second-order valence-corrected chi connectivity index (χ2v) is 6.52. The van der Waals surface area contributed by atoms with Gasteiger partial charge in [0.05, 0.1) is 12.2 Å². The lowest BCUT2D eigenvalue weighted by molar-refractivity contribution is -0.139. The van der Waals surface area contributed by atoms with Gasteiger partial charge in [-0.3, -0.25) is 0 Å². The van der Waals surface area contributed by atoms with E-state index in [1.54, 1.807) is 44.2 Å². The van der Waals surface area contributed by atoms with Crippen LogP contribution in [0.3, 0.4) is 0 Å². The molecule has 1 aliphatic heterocycles. The average molecular weight is 395 g/mol. The summed E-state index contributed by atoms with van der Waals surface area (Å²) in [4.78, 5) is 24.2. The van der Waals surface area contributed by atoms with Gasteiger partial charge < -0.3 is 19.8 Å². The van der Waals surface area contributed by atoms with E-state index in [2.05, 4.69) is 10.6 Å². The van der Waals surface area contributed by atoms with Gasteiger partial charge in [0, 0.05) is 21.3 Å². The van der Waals surface area contributed by atoms with Crippen molar-refractivity contribution in [2.45, 2.75) is 19.9 Å². The number of esters is 1. The summed E-state index contributed by atoms with van der Waals surface area (Å²) < 4.78 is 11.0. The van der Waals surface area contributed by atoms with Crippen LogP contribution in [0.4, 0.5) is 4.79 Å². The van der Waals surface area contributed by atoms with Crippen LogP contribution >= 0.6 is 23.2 Å². The van der Waals surface area contributed by atoms with Crippen molar-refractivity contribution in [2.24, 2.45) is 0 Å². The number of benzene rings is 1. The molecule has 2 aromatic rings. The van der Waals surface area contributed by atoms with Crippen molar-refractivity contribution in [3.05, 3.63) is 57.4 Å². The maximum Gasteiger partial charge on any atom is 0.338 e. The van der Waals surface area contributed by atoms with E-state index in [0.29, 0.717) is 32.8 Å². The van der Waals surface area contributed by atoms with Crippen molar-refractivity contribution in [1.82, 2.24) is 10.6 Å². The summed E-state index contributed by atoms with van der Waals surface area (Å²) in [6.45, 7) is 3.57. The summed E-state index contributed by atoms with van der Waals surface area (Å²) in [5.74, 6) is 0.387. The van der Waals surface area contributed by atoms with Crippen molar-refractivity contribution in [1.29, 1.82) is 0 Å². The van der Waals surface area contributed by atoms with Crippen LogP contribution in [0.15, 0.2) is 46.0 Å². The number of furan rings is 1. The lowest BCUT2D eigenvalue weighted by Gasteiger charge is -2.26. The van der Waals surface area contributed by atoms with Gasteiger partial charge in [-0.05, 0) is 44.2 Å². The fourth-order valence-electron chi connectivity index (χ4n) is 2.75. The van der Waals surface area contributed by atoms with E-state index in [1.165, 1.54) is 0 Å². The zero-order valence-electron chi connectivity index (χ0n) is 14.1. The summed E-state index contributed by atoms with van der Waals surface area (Å²) >= 11 is 12.1. The molecule has 0 saturated heterocycles. The Hall–Kier alpha value is -2.44. The van der Waals surface area contributed by atoms with E-state index in [4.69, 9.17) is 32.4 Å². The third-order valence-corrected chi connectivity index (χ3v) is 4.26. The third kappa shape index (κ3) is 3.71. The van der Waals surface area contributed by atoms with Gasteiger partial charge in [-0.2, -0.15) is 0 Å². The zero-order valence-corrected chi connectivity index (χ0v) is 15.6. The van der Waals surface area contributed by atoms with Crippen molar-refractivity contribution in [3.8, 4) is 11.3 Å². The Morgan fingerprint density at radius 1 is 1.23 bits per heavy atom. The van der Waals surface area contributed by atoms with Crippen LogP contribution < -0.4 is 10.6 Å². The first-order chi connectivity index (χ1) is 12.4. The Bertz CT molecular complexity index is 884. The smallest absolute Gasteiger partial charge is 0.338 e. The lowest BCUT2D eigenvalue weighted by atomic mass is 10.0. The predicted molar refractivity (Wildman–Crippen MR) is 97.9 cm³/mol. The molecule has 0 aliphatic carbocycles. The number of allylic oxidation sites excluding steroid dienone is 1. The SMILES string of the molecule is CCOC(=O)C1=C(C)NC(=O)NC1c1ccc(-c2cc(Cl)cc(Cl)c2)o1. The number of ether oxygens (including phenoxy) is 1. The number of carbonyl (C=O) groups excluding carboxylic acids is 2. The quantitative estimate of drug-likeness (QED) is 0.750. The number of rotatable bonds is 4. The molecule has 2 amide bonds. The summed E-state index contributed by atoms with van der Waals surface area (Å²) in [6, 6.07) is 7.27. The molecule has 136 valence electrons. The van der Waals surface area contributed by atoms with Crippen molar-refractivity contribution >= 4 is 35.2 Å². The first kappa shape index (κ1) is 18.4. The van der Waals surface area contributed by atoms with E-state index in [-0.39, 0.29) is 12.2 Å². The highest BCUT2D eigenvalue weighted by molar-refractivity contribution is 6.35. The minimum atomic E-state index is -0.758. The normalized spacial score (nSPS) is 16.9. The topological polar surface area (TPSA) is 80.6 Å². The number of hydrogen-bond acceptors (Lipinski definition) is 4. The molecule has 1 aromatic heterocycles. The molecule has 2 N–H and O–H groups in total. The number of amides is 2. The highest BCUT2D eigenvalue weighted by Gasteiger charge is 2.34. The first-order valence-corrected chi connectivity index (χ1v) is 8.66. The molecule has 3 rings (SSSR count). The van der Waals surface area contributed by atoms with E-state index >= 15 is 0 Å². The molecule has 0 spiro atoms. The van der Waals surface area contributed by atoms with Gasteiger partial charge >= 0.3 is 12.0 Å². The van der Waals surface area contributed by atoms with Crippen LogP contribution in [-0.4, -0.2) is 18.6 Å². The Balaban J connectivity index is 1.99. The van der Waals surface area contributed by atoms with E-state index in [1.807, 2.05) is 0 Å². The molecule has 1 atom stereocenters. The van der Waals surface area contributed by atoms with E-state index in [0.717, 1.165) is 0 Å². The maximum absolute atomic E-state index is 12.3. The minimum Gasteiger partial charge on any atom is -0.463 e. The summed E-state index contributed by atoms with van der Waals surface area (Å²) in [6.07, 6.45) is 0. The molecule has 1 unspecified atom stereocenters. The van der Waals surface area contributed by atoms with Crippen LogP contribution in [-0.2, 0) is 9.53 Å². The standard InChI is InChI=1S/C18H16Cl2N2O4/c1-3-25-17(23)15-9(2)21-18(24)22-16(15)14-5-4-13(26-14)10-6-11(19)8-12(20)7-10/h4-8,16H,3H2,1-2H3,(H2,21,22,24). The van der Waals surface area contributed by atoms with Crippen LogP contribution in [0.25, 0.3) is 11.3 Å². The van der Waals surface area contributed by atoms with Crippen molar-refractivity contribution in [3.63, 3.8) is 0 Å². The van der Waals surface area contributed by atoms with E-state index in [9.17, 15) is 9.59 Å². The molecule has 6 nitrogen and oxygen atoms in total. The Morgan fingerprint density at radius 2 is 1.92 bits per heavy atom. The number of hydrogen-bond donors (Lipinski definition) is 2. The molecule has 0 saturated carbocycles. The van der Waals surface area contributed by atoms with Gasteiger partial charge in [0.15, 0.2) is 0 Å². The molecule has 1 aliphatic rings. The highest BCUT2D eigenvalue weighted by Crippen LogP contribution is 2.33. The van der Waals surface area contributed by atoms with Gasteiger partial charge in [-0.15, -0.1) is 0 Å². The molecule has 8 heteroatoms. The van der Waals surface area contributed by atoms with Crippen LogP contribution in [0.2, 0.25) is 10.0 Å². The fourth-order valence-corrected chi connectivity index (χ4v) is 3.27. The number of halogens is 2. The van der Waals surface area contributed by atoms with E-state index < -0.39 is 18.0 Å². The summed E-state index contributed by atoms with van der Waals surface area (Å²) in [5.41, 5.74) is 1.39. The fraction of sp³-hybridized carbons (Fsp3) is 0.222. The van der Waals surface area contributed by atoms with Gasteiger partial charge in [0.25, 0.3) is 0 Å². The van der Waals surface area contributed by atoms with Crippen LogP contribution in [0.5, 0.6) is 0 Å². The third-order valence-electron chi connectivity index (χ3n) is 3.82. The largest absolute Gasteiger partial charge is 0.463 e. The molecular weight excluding hydrogens is 379 g/mol. The zero-order chi connectivity index (χ0) is 18.8. The molecule has 1 aromatic carbocycles. The predicted octanol–water partition coefficient (Wildman–Crippen LogP) is 4.44. The summed E-state index contributed by atoms with van der Waals surface area (Å²) in [7, 11) is 0. The van der Waals surface area contributed by atoms with Gasteiger partial charge in [-0.1, -0.05) is 23.2 Å². The molecule has 0 fully saturated rings. The minimum absolute atomic E-state index is 0.223. The molecule has 0 bridgehead atoms. The summed E-state index contributed by atoms with van der Waals surface area (Å²) in [5, 5.41) is 6.21.